The van der Waals surface area contributed by atoms with Crippen molar-refractivity contribution in [3.05, 3.63) is 58.9 Å². The quantitative estimate of drug-likeness (QED) is 0.530. The molecule has 0 amide bonds. The monoisotopic (exact) mass is 370 g/mol. The molecule has 0 saturated heterocycles. The number of nitrogens with zero attached hydrogens (tertiary/aromatic N) is 2. The molecule has 136 valence electrons. The molecule has 0 bridgehead atoms. The summed E-state index contributed by atoms with van der Waals surface area (Å²) in [5.41, 5.74) is 0.378. The number of benzene rings is 2. The van der Waals surface area contributed by atoms with Crippen LogP contribution < -0.4 is 10.3 Å². The Hall–Kier alpha value is -2.31. The van der Waals surface area contributed by atoms with Crippen molar-refractivity contribution < 1.29 is 9.84 Å². The van der Waals surface area contributed by atoms with E-state index in [1.54, 1.807) is 24.5 Å². The Morgan fingerprint density at radius 1 is 1.15 bits per heavy atom. The Morgan fingerprint density at radius 3 is 2.50 bits per heavy atom. The summed E-state index contributed by atoms with van der Waals surface area (Å²) in [7, 11) is 0. The van der Waals surface area contributed by atoms with Gasteiger partial charge in [-0.3, -0.25) is 9.36 Å². The van der Waals surface area contributed by atoms with Gasteiger partial charge in [0.1, 0.15) is 5.75 Å². The van der Waals surface area contributed by atoms with Crippen molar-refractivity contribution in [2.75, 3.05) is 12.4 Å². The molecule has 0 atom stereocenters. The normalized spacial score (nSPS) is 11.7. The standard InChI is InChI=1S/C20H22N2O3S/c1-4-25-15-11-9-14(10-12-15)22-18(23)16-7-5-6-8-17(16)21-19(22)26-13-20(2,3)24/h5-12,24H,4,13H2,1-3H3. The molecule has 3 rings (SSSR count). The van der Waals surface area contributed by atoms with Gasteiger partial charge in [0.2, 0.25) is 0 Å². The zero-order chi connectivity index (χ0) is 18.7. The molecular weight excluding hydrogens is 348 g/mol. The number of thioether (sulfide) groups is 1. The Labute approximate surface area is 156 Å². The van der Waals surface area contributed by atoms with E-state index in [1.165, 1.54) is 11.8 Å². The van der Waals surface area contributed by atoms with Crippen LogP contribution in [0, 0.1) is 0 Å². The van der Waals surface area contributed by atoms with Crippen LogP contribution in [-0.2, 0) is 0 Å². The highest BCUT2D eigenvalue weighted by molar-refractivity contribution is 7.99. The maximum Gasteiger partial charge on any atom is 0.266 e. The van der Waals surface area contributed by atoms with E-state index < -0.39 is 5.60 Å². The first kappa shape index (κ1) is 18.5. The van der Waals surface area contributed by atoms with E-state index in [1.807, 2.05) is 49.4 Å². The van der Waals surface area contributed by atoms with Gasteiger partial charge in [0.05, 0.1) is 28.8 Å². The van der Waals surface area contributed by atoms with Crippen molar-refractivity contribution in [1.29, 1.82) is 0 Å². The average Bonchev–Trinajstić information content (AvgIpc) is 2.61. The second kappa shape index (κ2) is 7.51. The molecule has 26 heavy (non-hydrogen) atoms. The predicted octanol–water partition coefficient (Wildman–Crippen LogP) is 3.65. The number of hydrogen-bond acceptors (Lipinski definition) is 5. The summed E-state index contributed by atoms with van der Waals surface area (Å²) in [4.78, 5) is 17.8. The Kier molecular flexibility index (Phi) is 5.34. The highest BCUT2D eigenvalue weighted by Gasteiger charge is 2.18. The molecule has 0 saturated carbocycles. The van der Waals surface area contributed by atoms with Crippen LogP contribution in [0.4, 0.5) is 0 Å². The van der Waals surface area contributed by atoms with Crippen molar-refractivity contribution in [3.63, 3.8) is 0 Å². The summed E-state index contributed by atoms with van der Waals surface area (Å²) in [6.45, 7) is 5.99. The van der Waals surface area contributed by atoms with Crippen LogP contribution in [0.15, 0.2) is 58.5 Å². The van der Waals surface area contributed by atoms with Crippen molar-refractivity contribution in [2.45, 2.75) is 31.5 Å². The fraction of sp³-hybridized carbons (Fsp3) is 0.300. The van der Waals surface area contributed by atoms with Gasteiger partial charge in [0, 0.05) is 5.75 Å². The molecule has 0 radical (unpaired) electrons. The van der Waals surface area contributed by atoms with E-state index in [0.29, 0.717) is 28.4 Å². The van der Waals surface area contributed by atoms with Gasteiger partial charge in [-0.1, -0.05) is 23.9 Å². The molecule has 0 aliphatic carbocycles. The largest absolute Gasteiger partial charge is 0.494 e. The maximum atomic E-state index is 13.1. The van der Waals surface area contributed by atoms with Gasteiger partial charge in [-0.05, 0) is 57.2 Å². The highest BCUT2D eigenvalue weighted by Crippen LogP contribution is 2.25. The molecule has 6 heteroatoms. The number of aliphatic hydroxyl groups is 1. The maximum absolute atomic E-state index is 13.1. The number of hydrogen-bond donors (Lipinski definition) is 1. The number of rotatable bonds is 6. The van der Waals surface area contributed by atoms with Crippen LogP contribution in [0.25, 0.3) is 16.6 Å². The minimum atomic E-state index is -0.863. The van der Waals surface area contributed by atoms with Gasteiger partial charge in [-0.15, -0.1) is 0 Å². The van der Waals surface area contributed by atoms with E-state index in [9.17, 15) is 9.90 Å². The van der Waals surface area contributed by atoms with Gasteiger partial charge < -0.3 is 9.84 Å². The summed E-state index contributed by atoms with van der Waals surface area (Å²) >= 11 is 1.36. The molecular formula is C20H22N2O3S. The summed E-state index contributed by atoms with van der Waals surface area (Å²) in [5, 5.41) is 11.2. The first-order chi connectivity index (χ1) is 12.4. The van der Waals surface area contributed by atoms with Crippen LogP contribution in [-0.4, -0.2) is 32.6 Å². The third-order valence-electron chi connectivity index (χ3n) is 3.71. The van der Waals surface area contributed by atoms with E-state index in [4.69, 9.17) is 4.74 Å². The second-order valence-corrected chi connectivity index (χ2v) is 7.52. The number of para-hydroxylation sites is 1. The molecule has 1 aromatic heterocycles. The molecule has 3 aromatic rings. The summed E-state index contributed by atoms with van der Waals surface area (Å²) in [6, 6.07) is 14.7. The van der Waals surface area contributed by atoms with Crippen molar-refractivity contribution in [3.8, 4) is 11.4 Å². The molecule has 1 heterocycles. The number of aromatic nitrogens is 2. The Morgan fingerprint density at radius 2 is 1.85 bits per heavy atom. The second-order valence-electron chi connectivity index (χ2n) is 6.58. The van der Waals surface area contributed by atoms with Gasteiger partial charge in [0.25, 0.3) is 5.56 Å². The van der Waals surface area contributed by atoms with Crippen LogP contribution in [0.1, 0.15) is 20.8 Å². The van der Waals surface area contributed by atoms with Crippen LogP contribution in [0.5, 0.6) is 5.75 Å². The van der Waals surface area contributed by atoms with Crippen LogP contribution >= 0.6 is 11.8 Å². The minimum absolute atomic E-state index is 0.127. The zero-order valence-corrected chi connectivity index (χ0v) is 15.9. The van der Waals surface area contributed by atoms with Crippen molar-refractivity contribution in [2.24, 2.45) is 0 Å². The van der Waals surface area contributed by atoms with E-state index in [0.717, 1.165) is 11.4 Å². The fourth-order valence-electron chi connectivity index (χ4n) is 2.54. The first-order valence-corrected chi connectivity index (χ1v) is 9.48. The van der Waals surface area contributed by atoms with E-state index in [2.05, 4.69) is 4.98 Å². The first-order valence-electron chi connectivity index (χ1n) is 8.49. The predicted molar refractivity (Wildman–Crippen MR) is 106 cm³/mol. The molecule has 0 fully saturated rings. The molecule has 0 unspecified atom stereocenters. The molecule has 2 aromatic carbocycles. The highest BCUT2D eigenvalue weighted by atomic mass is 32.2. The average molecular weight is 370 g/mol. The molecule has 1 N–H and O–H groups in total. The number of ether oxygens (including phenoxy) is 1. The van der Waals surface area contributed by atoms with E-state index in [-0.39, 0.29) is 5.56 Å². The third-order valence-corrected chi connectivity index (χ3v) is 5.09. The summed E-state index contributed by atoms with van der Waals surface area (Å²) in [5.74, 6) is 1.18. The van der Waals surface area contributed by atoms with Gasteiger partial charge >= 0.3 is 0 Å². The lowest BCUT2D eigenvalue weighted by Crippen LogP contribution is -2.25. The van der Waals surface area contributed by atoms with Gasteiger partial charge in [-0.2, -0.15) is 0 Å². The van der Waals surface area contributed by atoms with Crippen molar-refractivity contribution in [1.82, 2.24) is 9.55 Å². The van der Waals surface area contributed by atoms with Crippen LogP contribution in [0.3, 0.4) is 0 Å². The minimum Gasteiger partial charge on any atom is -0.494 e. The third kappa shape index (κ3) is 4.08. The topological polar surface area (TPSA) is 64.3 Å². The Balaban J connectivity index is 2.14. The SMILES string of the molecule is CCOc1ccc(-n2c(SCC(C)(C)O)nc3ccccc3c2=O)cc1. The molecule has 5 nitrogen and oxygen atoms in total. The summed E-state index contributed by atoms with van der Waals surface area (Å²) in [6.07, 6.45) is 0. The molecule has 0 spiro atoms. The molecule has 0 aliphatic rings. The fourth-order valence-corrected chi connectivity index (χ4v) is 3.50. The van der Waals surface area contributed by atoms with Gasteiger partial charge in [-0.25, -0.2) is 4.98 Å². The Bertz CT molecular complexity index is 959. The lowest BCUT2D eigenvalue weighted by atomic mass is 10.2. The van der Waals surface area contributed by atoms with Crippen molar-refractivity contribution >= 4 is 22.7 Å². The zero-order valence-electron chi connectivity index (χ0n) is 15.1. The van der Waals surface area contributed by atoms with Crippen LogP contribution in [0.2, 0.25) is 0 Å². The number of fused-ring (bicyclic) bond motifs is 1. The molecule has 0 aliphatic heterocycles. The lowest BCUT2D eigenvalue weighted by molar-refractivity contribution is 0.107. The van der Waals surface area contributed by atoms with E-state index >= 15 is 0 Å². The lowest BCUT2D eigenvalue weighted by Gasteiger charge is -2.18. The summed E-state index contributed by atoms with van der Waals surface area (Å²) < 4.78 is 7.07. The van der Waals surface area contributed by atoms with Gasteiger partial charge in [0.15, 0.2) is 5.16 Å². The smallest absolute Gasteiger partial charge is 0.266 e.